The van der Waals surface area contributed by atoms with Crippen molar-refractivity contribution in [2.75, 3.05) is 38.9 Å². The third-order valence-corrected chi connectivity index (χ3v) is 4.84. The number of anilines is 2. The van der Waals surface area contributed by atoms with Gasteiger partial charge in [0.1, 0.15) is 11.5 Å². The molecule has 0 heterocycles. The van der Waals surface area contributed by atoms with Crippen molar-refractivity contribution < 1.29 is 9.47 Å². The molecule has 0 aliphatic carbocycles. The van der Waals surface area contributed by atoms with Gasteiger partial charge in [-0.3, -0.25) is 0 Å². The van der Waals surface area contributed by atoms with E-state index < -0.39 is 0 Å². The molecule has 162 valence electrons. The van der Waals surface area contributed by atoms with Crippen molar-refractivity contribution in [3.8, 4) is 11.5 Å². The largest absolute Gasteiger partial charge is 0.495 e. The molecule has 3 rings (SSSR count). The number of ether oxygens (including phenoxy) is 2. The van der Waals surface area contributed by atoms with E-state index in [4.69, 9.17) is 9.47 Å². The number of hydrogen-bond donors (Lipinski definition) is 2. The highest BCUT2D eigenvalue weighted by molar-refractivity contribution is 5.85. The van der Waals surface area contributed by atoms with E-state index in [2.05, 4.69) is 71.3 Å². The molecule has 4 nitrogen and oxygen atoms in total. The van der Waals surface area contributed by atoms with Gasteiger partial charge < -0.3 is 20.1 Å². The summed E-state index contributed by atoms with van der Waals surface area (Å²) in [7, 11) is 7.14. The van der Waals surface area contributed by atoms with Crippen molar-refractivity contribution in [3.05, 3.63) is 82.9 Å². The van der Waals surface area contributed by atoms with E-state index >= 15 is 0 Å². The first-order valence-electron chi connectivity index (χ1n) is 9.84. The molecule has 3 aromatic carbocycles. The summed E-state index contributed by atoms with van der Waals surface area (Å²) in [5, 5.41) is 6.26. The standard InChI is InChI=1S/C26H28N2O2.ClH/c1-27-23-14-12-21(17-25(23)29-3)10-8-19-6-5-7-20(16-19)9-11-22-13-15-24(28-2)26(18-22)30-4;/h5-18,27-28H,1-4H3;1H/b10-8+,11-9+;. The van der Waals surface area contributed by atoms with Crippen molar-refractivity contribution >= 4 is 48.1 Å². The maximum atomic E-state index is 5.43. The Kier molecular flexibility index (Phi) is 9.04. The molecule has 0 bridgehead atoms. The molecule has 5 heteroatoms. The molecule has 0 radical (unpaired) electrons. The minimum absolute atomic E-state index is 0. The van der Waals surface area contributed by atoms with Gasteiger partial charge in [0.2, 0.25) is 0 Å². The fourth-order valence-corrected chi connectivity index (χ4v) is 3.19. The molecule has 0 saturated heterocycles. The van der Waals surface area contributed by atoms with Crippen LogP contribution < -0.4 is 20.1 Å². The SMILES string of the molecule is CNc1ccc(/C=C/c2cccc(/C=C/c3ccc(NC)c(OC)c3)c2)cc1OC.Cl. The van der Waals surface area contributed by atoms with E-state index in [9.17, 15) is 0 Å². The van der Waals surface area contributed by atoms with Crippen LogP contribution >= 0.6 is 12.4 Å². The second-order valence-electron chi connectivity index (χ2n) is 6.76. The molecule has 2 N–H and O–H groups in total. The van der Waals surface area contributed by atoms with E-state index in [1.807, 2.05) is 38.4 Å². The summed E-state index contributed by atoms with van der Waals surface area (Å²) in [6.07, 6.45) is 8.39. The fraction of sp³-hybridized carbons (Fsp3) is 0.154. The molecule has 0 saturated carbocycles. The highest BCUT2D eigenvalue weighted by Gasteiger charge is 2.02. The van der Waals surface area contributed by atoms with Crippen LogP contribution in [0.15, 0.2) is 60.7 Å². The number of benzene rings is 3. The summed E-state index contributed by atoms with van der Waals surface area (Å²) in [5.41, 5.74) is 6.39. The van der Waals surface area contributed by atoms with E-state index in [0.29, 0.717) is 0 Å². The lowest BCUT2D eigenvalue weighted by Crippen LogP contribution is -1.93. The van der Waals surface area contributed by atoms with Crippen molar-refractivity contribution in [2.45, 2.75) is 0 Å². The monoisotopic (exact) mass is 436 g/mol. The predicted octanol–water partition coefficient (Wildman–Crippen LogP) is 6.55. The maximum Gasteiger partial charge on any atom is 0.142 e. The van der Waals surface area contributed by atoms with Crippen LogP contribution in [0.3, 0.4) is 0 Å². The smallest absolute Gasteiger partial charge is 0.142 e. The number of rotatable bonds is 8. The summed E-state index contributed by atoms with van der Waals surface area (Å²) in [4.78, 5) is 0. The average molecular weight is 437 g/mol. The molecule has 0 aromatic heterocycles. The van der Waals surface area contributed by atoms with Crippen LogP contribution in [0.2, 0.25) is 0 Å². The summed E-state index contributed by atoms with van der Waals surface area (Å²) in [6.45, 7) is 0. The molecular weight excluding hydrogens is 408 g/mol. The highest BCUT2D eigenvalue weighted by atomic mass is 35.5. The van der Waals surface area contributed by atoms with Gasteiger partial charge in [-0.15, -0.1) is 12.4 Å². The van der Waals surface area contributed by atoms with E-state index in [1.165, 1.54) is 0 Å². The zero-order valence-corrected chi connectivity index (χ0v) is 19.1. The third kappa shape index (κ3) is 6.30. The molecule has 0 aliphatic rings. The van der Waals surface area contributed by atoms with Crippen molar-refractivity contribution in [3.63, 3.8) is 0 Å². The Morgan fingerprint density at radius 2 is 0.968 bits per heavy atom. The topological polar surface area (TPSA) is 42.5 Å². The summed E-state index contributed by atoms with van der Waals surface area (Å²) in [5.74, 6) is 1.66. The molecule has 3 aromatic rings. The Labute approximate surface area is 191 Å². The van der Waals surface area contributed by atoms with Gasteiger partial charge in [-0.05, 0) is 52.6 Å². The van der Waals surface area contributed by atoms with E-state index in [-0.39, 0.29) is 12.4 Å². The fourth-order valence-electron chi connectivity index (χ4n) is 3.19. The second kappa shape index (κ2) is 11.7. The molecular formula is C26H29ClN2O2. The van der Waals surface area contributed by atoms with Gasteiger partial charge >= 0.3 is 0 Å². The first kappa shape index (κ1) is 23.9. The Balaban J connectivity index is 0.00000341. The van der Waals surface area contributed by atoms with Crippen LogP contribution in [-0.4, -0.2) is 28.3 Å². The first-order valence-corrected chi connectivity index (χ1v) is 9.84. The molecule has 0 spiro atoms. The Morgan fingerprint density at radius 3 is 1.32 bits per heavy atom. The van der Waals surface area contributed by atoms with Gasteiger partial charge in [0, 0.05) is 14.1 Å². The molecule has 31 heavy (non-hydrogen) atoms. The van der Waals surface area contributed by atoms with E-state index in [1.54, 1.807) is 14.2 Å². The quantitative estimate of drug-likeness (QED) is 0.393. The zero-order chi connectivity index (χ0) is 21.3. The minimum Gasteiger partial charge on any atom is -0.495 e. The summed E-state index contributed by atoms with van der Waals surface area (Å²) < 4.78 is 10.9. The predicted molar refractivity (Wildman–Crippen MR) is 137 cm³/mol. The van der Waals surface area contributed by atoms with Crippen LogP contribution in [0.1, 0.15) is 22.3 Å². The average Bonchev–Trinajstić information content (AvgIpc) is 2.81. The molecule has 0 fully saturated rings. The van der Waals surface area contributed by atoms with Gasteiger partial charge in [-0.25, -0.2) is 0 Å². The molecule has 0 unspecified atom stereocenters. The van der Waals surface area contributed by atoms with Gasteiger partial charge in [0.15, 0.2) is 0 Å². The Hall–Kier alpha value is -3.37. The molecule has 0 atom stereocenters. The Morgan fingerprint density at radius 1 is 0.581 bits per heavy atom. The lowest BCUT2D eigenvalue weighted by Gasteiger charge is -2.08. The van der Waals surface area contributed by atoms with Crippen molar-refractivity contribution in [1.82, 2.24) is 0 Å². The number of halogens is 1. The van der Waals surface area contributed by atoms with Crippen LogP contribution in [0, 0.1) is 0 Å². The van der Waals surface area contributed by atoms with Crippen molar-refractivity contribution in [1.29, 1.82) is 0 Å². The van der Waals surface area contributed by atoms with Gasteiger partial charge in [-0.2, -0.15) is 0 Å². The van der Waals surface area contributed by atoms with Crippen LogP contribution in [-0.2, 0) is 0 Å². The van der Waals surface area contributed by atoms with E-state index in [0.717, 1.165) is 45.1 Å². The lowest BCUT2D eigenvalue weighted by atomic mass is 10.1. The highest BCUT2D eigenvalue weighted by Crippen LogP contribution is 2.27. The Bertz CT molecular complexity index is 980. The molecule has 0 amide bonds. The van der Waals surface area contributed by atoms with Gasteiger partial charge in [0.05, 0.1) is 25.6 Å². The zero-order valence-electron chi connectivity index (χ0n) is 18.3. The minimum atomic E-state index is 0. The normalized spacial score (nSPS) is 10.7. The molecule has 0 aliphatic heterocycles. The summed E-state index contributed by atoms with van der Waals surface area (Å²) in [6, 6.07) is 20.6. The number of methoxy groups -OCH3 is 2. The maximum absolute atomic E-state index is 5.43. The third-order valence-electron chi connectivity index (χ3n) is 4.84. The van der Waals surface area contributed by atoms with Crippen LogP contribution in [0.25, 0.3) is 24.3 Å². The first-order chi connectivity index (χ1) is 14.7. The number of nitrogens with one attached hydrogen (secondary N) is 2. The van der Waals surface area contributed by atoms with Gasteiger partial charge in [0.25, 0.3) is 0 Å². The lowest BCUT2D eigenvalue weighted by molar-refractivity contribution is 0.416. The van der Waals surface area contributed by atoms with Crippen molar-refractivity contribution in [2.24, 2.45) is 0 Å². The number of hydrogen-bond acceptors (Lipinski definition) is 4. The second-order valence-corrected chi connectivity index (χ2v) is 6.76. The van der Waals surface area contributed by atoms with Crippen LogP contribution in [0.5, 0.6) is 11.5 Å². The summed E-state index contributed by atoms with van der Waals surface area (Å²) >= 11 is 0. The van der Waals surface area contributed by atoms with Gasteiger partial charge in [-0.1, -0.05) is 54.6 Å². The van der Waals surface area contributed by atoms with Crippen LogP contribution in [0.4, 0.5) is 11.4 Å².